The molecule has 0 saturated heterocycles. The van der Waals surface area contributed by atoms with E-state index >= 15 is 0 Å². The molecule has 0 aliphatic heterocycles. The van der Waals surface area contributed by atoms with E-state index in [0.29, 0.717) is 16.4 Å². The van der Waals surface area contributed by atoms with Crippen molar-refractivity contribution in [1.29, 1.82) is 0 Å². The number of nitrogens with zero attached hydrogens (tertiary/aromatic N) is 2. The van der Waals surface area contributed by atoms with Gasteiger partial charge in [-0.15, -0.1) is 0 Å². The van der Waals surface area contributed by atoms with Crippen molar-refractivity contribution in [2.75, 3.05) is 0 Å². The van der Waals surface area contributed by atoms with Crippen LogP contribution in [-0.2, 0) is 4.79 Å². The Labute approximate surface area is 205 Å². The quantitative estimate of drug-likeness (QED) is 0.158. The van der Waals surface area contributed by atoms with Gasteiger partial charge in [0.2, 0.25) is 0 Å². The summed E-state index contributed by atoms with van der Waals surface area (Å²) >= 11 is 12.1. The third kappa shape index (κ3) is 5.18. The van der Waals surface area contributed by atoms with Crippen LogP contribution >= 0.6 is 23.2 Å². The number of hydrazine groups is 1. The van der Waals surface area contributed by atoms with Crippen molar-refractivity contribution in [3.63, 3.8) is 0 Å². The van der Waals surface area contributed by atoms with Crippen LogP contribution < -0.4 is 16.6 Å². The Bertz CT molecular complexity index is 1370. The van der Waals surface area contributed by atoms with Gasteiger partial charge in [0.15, 0.2) is 0 Å². The van der Waals surface area contributed by atoms with E-state index in [0.717, 1.165) is 11.3 Å². The maximum absolute atomic E-state index is 12.9. The zero-order chi connectivity index (χ0) is 24.1. The van der Waals surface area contributed by atoms with E-state index in [4.69, 9.17) is 34.1 Å². The number of halogens is 2. The van der Waals surface area contributed by atoms with Crippen LogP contribution in [0, 0.1) is 0 Å². The Balaban J connectivity index is 1.78. The van der Waals surface area contributed by atoms with Gasteiger partial charge in [0, 0.05) is 10.6 Å². The van der Waals surface area contributed by atoms with Crippen LogP contribution in [0.2, 0.25) is 10.0 Å². The number of hydrogen-bond acceptors (Lipinski definition) is 4. The molecule has 0 fully saturated rings. The highest BCUT2D eigenvalue weighted by Gasteiger charge is 2.18. The summed E-state index contributed by atoms with van der Waals surface area (Å²) in [6.07, 6.45) is 1.50. The maximum atomic E-state index is 12.9. The highest BCUT2D eigenvalue weighted by Crippen LogP contribution is 2.24. The summed E-state index contributed by atoms with van der Waals surface area (Å²) < 4.78 is 1.67. The van der Waals surface area contributed by atoms with E-state index < -0.39 is 11.8 Å². The number of para-hydroxylation sites is 1. The number of rotatable bonds is 6. The van der Waals surface area contributed by atoms with Crippen LogP contribution in [-0.4, -0.2) is 21.6 Å². The lowest BCUT2D eigenvalue weighted by Gasteiger charge is -2.11. The summed E-state index contributed by atoms with van der Waals surface area (Å²) in [5, 5.41) is 7.83. The first-order valence-corrected chi connectivity index (χ1v) is 10.9. The average Bonchev–Trinajstić information content (AvgIpc) is 3.28. The molecule has 3 aromatic carbocycles. The van der Waals surface area contributed by atoms with E-state index in [2.05, 4.69) is 10.7 Å². The van der Waals surface area contributed by atoms with Crippen molar-refractivity contribution in [3.8, 4) is 16.9 Å². The SMILES string of the molecule is NNC(=O)C(=Cc1cc(-c2ccccc2)nn1-c1ccccc1)NC(=O)c1ccc(Cl)cc1Cl. The predicted octanol–water partition coefficient (Wildman–Crippen LogP) is 4.61. The molecule has 4 aromatic rings. The smallest absolute Gasteiger partial charge is 0.281 e. The standard InChI is InChI=1S/C25H19Cl2N5O2/c26-17-11-12-20(21(27)13-17)24(33)29-23(25(34)30-28)15-19-14-22(16-7-3-1-4-8-16)31-32(19)18-9-5-2-6-10-18/h1-15H,28H2,(H,29,33)(H,30,34). The Hall–Kier alpha value is -3.91. The van der Waals surface area contributed by atoms with Crippen molar-refractivity contribution >= 4 is 41.1 Å². The number of amides is 2. The second-order valence-corrected chi connectivity index (χ2v) is 8.02. The summed E-state index contributed by atoms with van der Waals surface area (Å²) in [6, 6.07) is 25.3. The first-order chi connectivity index (χ1) is 16.5. The lowest BCUT2D eigenvalue weighted by molar-refractivity contribution is -0.117. The minimum absolute atomic E-state index is 0.0878. The zero-order valence-corrected chi connectivity index (χ0v) is 19.2. The molecule has 0 aliphatic rings. The van der Waals surface area contributed by atoms with Gasteiger partial charge in [0.25, 0.3) is 11.8 Å². The molecule has 4 N–H and O–H groups in total. The van der Waals surface area contributed by atoms with E-state index in [-0.39, 0.29) is 16.3 Å². The molecule has 0 radical (unpaired) electrons. The lowest BCUT2D eigenvalue weighted by Crippen LogP contribution is -2.38. The number of hydrogen-bond donors (Lipinski definition) is 3. The van der Waals surface area contributed by atoms with E-state index in [1.165, 1.54) is 24.3 Å². The van der Waals surface area contributed by atoms with Crippen LogP contribution in [0.3, 0.4) is 0 Å². The third-order valence-electron chi connectivity index (χ3n) is 4.90. The fourth-order valence-corrected chi connectivity index (χ4v) is 3.77. The van der Waals surface area contributed by atoms with Crippen molar-refractivity contribution in [2.45, 2.75) is 0 Å². The summed E-state index contributed by atoms with van der Waals surface area (Å²) in [7, 11) is 0. The number of carbonyl (C=O) groups is 2. The number of nitrogens with two attached hydrogens (primary N) is 1. The summed E-state index contributed by atoms with van der Waals surface area (Å²) in [5.74, 6) is 4.09. The van der Waals surface area contributed by atoms with Crippen LogP contribution in [0.5, 0.6) is 0 Å². The largest absolute Gasteiger partial charge is 0.317 e. The van der Waals surface area contributed by atoms with Crippen molar-refractivity contribution in [2.24, 2.45) is 5.84 Å². The van der Waals surface area contributed by atoms with Gasteiger partial charge in [-0.25, -0.2) is 10.5 Å². The fraction of sp³-hybridized carbons (Fsp3) is 0. The van der Waals surface area contributed by atoms with Crippen LogP contribution in [0.15, 0.2) is 90.6 Å². The van der Waals surface area contributed by atoms with Gasteiger partial charge >= 0.3 is 0 Å². The summed E-state index contributed by atoms with van der Waals surface area (Å²) in [4.78, 5) is 25.4. The second kappa shape index (κ2) is 10.4. The minimum Gasteiger partial charge on any atom is -0.317 e. The van der Waals surface area contributed by atoms with Crippen molar-refractivity contribution in [1.82, 2.24) is 20.5 Å². The molecule has 0 aliphatic carbocycles. The first kappa shape index (κ1) is 23.3. The Morgan fingerprint density at radius 1 is 0.912 bits per heavy atom. The monoisotopic (exact) mass is 491 g/mol. The molecule has 0 unspecified atom stereocenters. The highest BCUT2D eigenvalue weighted by molar-refractivity contribution is 6.36. The molecule has 7 nitrogen and oxygen atoms in total. The molecule has 2 amide bonds. The molecule has 9 heteroatoms. The first-order valence-electron chi connectivity index (χ1n) is 10.2. The van der Waals surface area contributed by atoms with Gasteiger partial charge in [-0.2, -0.15) is 5.10 Å². The van der Waals surface area contributed by atoms with E-state index in [1.54, 1.807) is 4.68 Å². The molecule has 0 saturated carbocycles. The highest BCUT2D eigenvalue weighted by atomic mass is 35.5. The van der Waals surface area contributed by atoms with Crippen LogP contribution in [0.25, 0.3) is 23.0 Å². The normalized spacial score (nSPS) is 11.2. The summed E-state index contributed by atoms with van der Waals surface area (Å²) in [5.41, 5.74) is 5.03. The van der Waals surface area contributed by atoms with Gasteiger partial charge in [-0.1, -0.05) is 71.7 Å². The molecule has 0 bridgehead atoms. The topological polar surface area (TPSA) is 102 Å². The van der Waals surface area contributed by atoms with Gasteiger partial charge < -0.3 is 5.32 Å². The third-order valence-corrected chi connectivity index (χ3v) is 5.45. The molecule has 0 spiro atoms. The van der Waals surface area contributed by atoms with E-state index in [1.807, 2.05) is 66.7 Å². The van der Waals surface area contributed by atoms with E-state index in [9.17, 15) is 9.59 Å². The Morgan fingerprint density at radius 2 is 1.59 bits per heavy atom. The van der Waals surface area contributed by atoms with Gasteiger partial charge in [0.1, 0.15) is 5.70 Å². The molecule has 0 atom stereocenters. The second-order valence-electron chi connectivity index (χ2n) is 7.18. The van der Waals surface area contributed by atoms with Gasteiger partial charge in [0.05, 0.1) is 27.7 Å². The number of aromatic nitrogens is 2. The van der Waals surface area contributed by atoms with Crippen molar-refractivity contribution in [3.05, 3.63) is 112 Å². The van der Waals surface area contributed by atoms with Crippen LogP contribution in [0.1, 0.15) is 16.1 Å². The lowest BCUT2D eigenvalue weighted by atomic mass is 10.1. The number of benzene rings is 3. The summed E-state index contributed by atoms with van der Waals surface area (Å²) in [6.45, 7) is 0. The molecule has 34 heavy (non-hydrogen) atoms. The Kier molecular flexibility index (Phi) is 7.08. The molecule has 1 aromatic heterocycles. The molecule has 170 valence electrons. The average molecular weight is 492 g/mol. The predicted molar refractivity (Wildman–Crippen MR) is 133 cm³/mol. The van der Waals surface area contributed by atoms with Gasteiger partial charge in [-0.05, 0) is 42.5 Å². The molecular weight excluding hydrogens is 473 g/mol. The minimum atomic E-state index is -0.694. The number of nitrogens with one attached hydrogen (secondary N) is 2. The van der Waals surface area contributed by atoms with Gasteiger partial charge in [-0.3, -0.25) is 15.0 Å². The fourth-order valence-electron chi connectivity index (χ4n) is 3.27. The van der Waals surface area contributed by atoms with Crippen LogP contribution in [0.4, 0.5) is 0 Å². The molecular formula is C25H19Cl2N5O2. The number of carbonyl (C=O) groups excluding carboxylic acids is 2. The zero-order valence-electron chi connectivity index (χ0n) is 17.7. The molecule has 4 rings (SSSR count). The Morgan fingerprint density at radius 3 is 2.24 bits per heavy atom. The van der Waals surface area contributed by atoms with Crippen molar-refractivity contribution < 1.29 is 9.59 Å². The maximum Gasteiger partial charge on any atom is 0.281 e. The molecule has 1 heterocycles.